The Labute approximate surface area is 297 Å². The number of aromatic hydroxyl groups is 1. The number of hydrogen-bond donors (Lipinski definition) is 5. The monoisotopic (exact) mass is 686 g/mol. The lowest BCUT2D eigenvalue weighted by atomic mass is 9.80. The number of amides is 1. The van der Waals surface area contributed by atoms with Crippen molar-refractivity contribution in [1.82, 2.24) is 5.32 Å². The zero-order valence-corrected chi connectivity index (χ0v) is 29.3. The van der Waals surface area contributed by atoms with Gasteiger partial charge in [-0.25, -0.2) is 0 Å². The average molecular weight is 687 g/mol. The third kappa shape index (κ3) is 9.06. The van der Waals surface area contributed by atoms with E-state index in [0.717, 1.165) is 61.0 Å². The van der Waals surface area contributed by atoms with Crippen LogP contribution in [0.1, 0.15) is 74.2 Å². The highest BCUT2D eigenvalue weighted by Crippen LogP contribution is 2.43. The smallest absolute Gasteiger partial charge is 0.211 e. The van der Waals surface area contributed by atoms with Crippen molar-refractivity contribution in [2.75, 3.05) is 57.8 Å². The van der Waals surface area contributed by atoms with Gasteiger partial charge in [-0.1, -0.05) is 61.4 Å². The second-order valence-electron chi connectivity index (χ2n) is 14.9. The number of rotatable bonds is 19. The van der Waals surface area contributed by atoms with E-state index in [0.29, 0.717) is 44.2 Å². The Morgan fingerprint density at radius 1 is 0.960 bits per heavy atom. The number of anilines is 1. The standard InChI is InChI=1S/C41H55N3O6/c45-30-43-37-26-33(14-17-38(37)46)39(47)27-42-21-18-31-12-15-36(16-13-31)49-25-7-6-22-44-23-19-32(20-24-44)40(28-44)50-29-41(48,35-10-4-5-11-35)34-8-2-1-3-9-34/h1-3,8-9,12-17,26,30,32,35,39-40,42,47-48H,4-7,10-11,18-25,27-29H2,(H-,43,45,46)/p+1/t32?,39-,40-,41+,44?/m0/s1. The normalized spacial score (nSPS) is 23.7. The first-order valence-electron chi connectivity index (χ1n) is 18.8. The summed E-state index contributed by atoms with van der Waals surface area (Å²) < 4.78 is 14.0. The summed E-state index contributed by atoms with van der Waals surface area (Å²) in [5.41, 5.74) is 2.19. The van der Waals surface area contributed by atoms with E-state index in [2.05, 4.69) is 34.9 Å². The Kier molecular flexibility index (Phi) is 12.5. The summed E-state index contributed by atoms with van der Waals surface area (Å²) >= 11 is 0. The SMILES string of the molecule is O=CNc1cc([C@@H](O)CNCCc2ccc(OCCCC[N+]34CCC(CC3)[C@@H](OC[C@@](O)(c3ccccc3)C3CCCC3)C4)cc2)ccc1O. The highest BCUT2D eigenvalue weighted by Gasteiger charge is 2.48. The first kappa shape index (κ1) is 36.3. The summed E-state index contributed by atoms with van der Waals surface area (Å²) in [5, 5.41) is 38.0. The van der Waals surface area contributed by atoms with Crippen molar-refractivity contribution in [1.29, 1.82) is 0 Å². The number of nitrogens with zero attached hydrogens (tertiary/aromatic N) is 1. The number of hydrogen-bond acceptors (Lipinski definition) is 7. The maximum absolute atomic E-state index is 12.0. The molecule has 3 aromatic rings. The molecule has 3 saturated heterocycles. The summed E-state index contributed by atoms with van der Waals surface area (Å²) in [6.45, 7) is 6.87. The topological polar surface area (TPSA) is 120 Å². The second kappa shape index (κ2) is 17.2. The Morgan fingerprint density at radius 3 is 2.46 bits per heavy atom. The fraction of sp³-hybridized carbons (Fsp3) is 0.537. The van der Waals surface area contributed by atoms with E-state index in [1.807, 2.05) is 30.3 Å². The van der Waals surface area contributed by atoms with Crippen LogP contribution in [0.25, 0.3) is 0 Å². The lowest BCUT2D eigenvalue weighted by Crippen LogP contribution is -2.64. The summed E-state index contributed by atoms with van der Waals surface area (Å²) in [4.78, 5) is 10.7. The molecule has 4 aliphatic rings. The van der Waals surface area contributed by atoms with Crippen LogP contribution >= 0.6 is 0 Å². The van der Waals surface area contributed by atoms with Crippen molar-refractivity contribution in [2.24, 2.45) is 11.8 Å². The molecule has 3 aromatic carbocycles. The van der Waals surface area contributed by atoms with Gasteiger partial charge in [0.05, 0.1) is 44.6 Å². The summed E-state index contributed by atoms with van der Waals surface area (Å²) in [6, 6.07) is 23.2. The van der Waals surface area contributed by atoms with Crippen molar-refractivity contribution in [3.8, 4) is 11.5 Å². The molecule has 5 N–H and O–H groups in total. The number of piperidine rings is 3. The Hall–Kier alpha value is -3.47. The Bertz CT molecular complexity index is 1490. The van der Waals surface area contributed by atoms with E-state index >= 15 is 0 Å². The zero-order valence-electron chi connectivity index (χ0n) is 29.3. The number of benzene rings is 3. The van der Waals surface area contributed by atoms with Gasteiger partial charge in [-0.05, 0) is 85.5 Å². The Morgan fingerprint density at radius 2 is 1.72 bits per heavy atom. The average Bonchev–Trinajstić information content (AvgIpc) is 3.71. The summed E-state index contributed by atoms with van der Waals surface area (Å²) in [7, 11) is 0. The summed E-state index contributed by atoms with van der Waals surface area (Å²) in [5.74, 6) is 1.73. The van der Waals surface area contributed by atoms with E-state index < -0.39 is 11.7 Å². The number of aliphatic hydroxyl groups is 2. The molecule has 2 bridgehead atoms. The van der Waals surface area contributed by atoms with Crippen LogP contribution in [0.4, 0.5) is 5.69 Å². The van der Waals surface area contributed by atoms with Crippen molar-refractivity contribution < 1.29 is 34.1 Å². The Balaban J connectivity index is 0.889. The molecule has 3 aliphatic heterocycles. The minimum atomic E-state index is -0.900. The van der Waals surface area contributed by atoms with Gasteiger partial charge in [0.1, 0.15) is 29.7 Å². The fourth-order valence-electron chi connectivity index (χ4n) is 8.55. The molecule has 1 amide bonds. The van der Waals surface area contributed by atoms with Crippen LogP contribution < -0.4 is 15.4 Å². The number of nitrogens with one attached hydrogen (secondary N) is 2. The van der Waals surface area contributed by atoms with Gasteiger partial charge in [-0.2, -0.15) is 0 Å². The van der Waals surface area contributed by atoms with Crippen LogP contribution in [0.5, 0.6) is 11.5 Å². The van der Waals surface area contributed by atoms with E-state index in [1.165, 1.54) is 50.4 Å². The number of phenols is 1. The third-order valence-electron chi connectivity index (χ3n) is 11.6. The maximum Gasteiger partial charge on any atom is 0.211 e. The fourth-order valence-corrected chi connectivity index (χ4v) is 8.55. The maximum atomic E-state index is 12.0. The molecule has 0 unspecified atom stereocenters. The van der Waals surface area contributed by atoms with Gasteiger partial charge < -0.3 is 39.9 Å². The van der Waals surface area contributed by atoms with Crippen LogP contribution in [0.15, 0.2) is 72.8 Å². The molecule has 1 saturated carbocycles. The van der Waals surface area contributed by atoms with Crippen molar-refractivity contribution in [2.45, 2.75) is 75.6 Å². The third-order valence-corrected chi connectivity index (χ3v) is 11.6. The number of carbonyl (C=O) groups is 1. The lowest BCUT2D eigenvalue weighted by Gasteiger charge is -2.53. The predicted molar refractivity (Wildman–Crippen MR) is 195 cm³/mol. The van der Waals surface area contributed by atoms with Gasteiger partial charge in [-0.3, -0.25) is 4.79 Å². The molecule has 3 heterocycles. The zero-order chi connectivity index (χ0) is 34.8. The predicted octanol–water partition coefficient (Wildman–Crippen LogP) is 5.69. The minimum Gasteiger partial charge on any atom is -0.506 e. The van der Waals surface area contributed by atoms with Gasteiger partial charge in [0.15, 0.2) is 0 Å². The molecule has 0 aromatic heterocycles. The largest absolute Gasteiger partial charge is 0.506 e. The van der Waals surface area contributed by atoms with E-state index in [4.69, 9.17) is 9.47 Å². The number of aliphatic hydroxyl groups excluding tert-OH is 1. The van der Waals surface area contributed by atoms with Crippen LogP contribution in [0, 0.1) is 11.8 Å². The highest BCUT2D eigenvalue weighted by atomic mass is 16.5. The van der Waals surface area contributed by atoms with E-state index in [1.54, 1.807) is 12.1 Å². The van der Waals surface area contributed by atoms with Crippen LogP contribution in [-0.4, -0.2) is 84.8 Å². The molecule has 7 rings (SSSR count). The number of phenolic OH excluding ortho intramolecular Hbond substituents is 1. The number of fused-ring (bicyclic) bond motifs is 3. The summed E-state index contributed by atoms with van der Waals surface area (Å²) in [6.07, 6.45) is 9.91. The van der Waals surface area contributed by atoms with Crippen molar-refractivity contribution in [3.05, 3.63) is 89.5 Å². The quantitative estimate of drug-likeness (QED) is 0.0476. The second-order valence-corrected chi connectivity index (χ2v) is 14.9. The molecule has 4 fully saturated rings. The lowest BCUT2D eigenvalue weighted by molar-refractivity contribution is -0.946. The van der Waals surface area contributed by atoms with Gasteiger partial charge in [-0.15, -0.1) is 0 Å². The first-order valence-corrected chi connectivity index (χ1v) is 18.8. The van der Waals surface area contributed by atoms with Gasteiger partial charge in [0.25, 0.3) is 0 Å². The highest BCUT2D eigenvalue weighted by molar-refractivity contribution is 5.75. The van der Waals surface area contributed by atoms with Crippen molar-refractivity contribution >= 4 is 12.1 Å². The molecule has 9 nitrogen and oxygen atoms in total. The van der Waals surface area contributed by atoms with E-state index in [-0.39, 0.29) is 23.5 Å². The molecule has 270 valence electrons. The molecule has 1 aliphatic carbocycles. The molecule has 0 spiro atoms. The number of quaternary nitrogens is 1. The van der Waals surface area contributed by atoms with Crippen LogP contribution in [0.3, 0.4) is 0 Å². The molecule has 50 heavy (non-hydrogen) atoms. The molecule has 9 heteroatoms. The minimum absolute atomic E-state index is 0.0392. The van der Waals surface area contributed by atoms with Gasteiger partial charge in [0, 0.05) is 25.3 Å². The number of unbranched alkanes of at least 4 members (excludes halogenated alkanes) is 1. The van der Waals surface area contributed by atoms with E-state index in [9.17, 15) is 20.1 Å². The first-order chi connectivity index (χ1) is 24.4. The number of carbonyl (C=O) groups excluding carboxylic acids is 1. The number of ether oxygens (including phenoxy) is 2. The molecular weight excluding hydrogens is 630 g/mol. The van der Waals surface area contributed by atoms with Gasteiger partial charge >= 0.3 is 0 Å². The molecule has 0 radical (unpaired) electrons. The van der Waals surface area contributed by atoms with Crippen LogP contribution in [-0.2, 0) is 21.6 Å². The molecular formula is C41H56N3O6+. The van der Waals surface area contributed by atoms with Crippen molar-refractivity contribution in [3.63, 3.8) is 0 Å². The molecule has 3 atom stereocenters. The van der Waals surface area contributed by atoms with Crippen LogP contribution in [0.2, 0.25) is 0 Å². The van der Waals surface area contributed by atoms with Gasteiger partial charge in [0.2, 0.25) is 6.41 Å².